The molecule has 3 N–H and O–H groups in total. The van der Waals surface area contributed by atoms with Crippen LogP contribution in [0.3, 0.4) is 0 Å². The first-order chi connectivity index (χ1) is 7.21. The van der Waals surface area contributed by atoms with Gasteiger partial charge in [-0.2, -0.15) is 11.8 Å². The second-order valence-corrected chi connectivity index (χ2v) is 6.00. The van der Waals surface area contributed by atoms with Gasteiger partial charge in [0.1, 0.15) is 0 Å². The second kappa shape index (κ2) is 4.74. The lowest BCUT2D eigenvalue weighted by molar-refractivity contribution is -0.129. The Morgan fingerprint density at radius 1 is 1.40 bits per heavy atom. The van der Waals surface area contributed by atoms with E-state index >= 15 is 0 Å². The van der Waals surface area contributed by atoms with Crippen molar-refractivity contribution in [1.82, 2.24) is 5.32 Å². The van der Waals surface area contributed by atoms with E-state index in [1.54, 1.807) is 0 Å². The van der Waals surface area contributed by atoms with Gasteiger partial charge in [-0.1, -0.05) is 0 Å². The molecule has 0 aromatic carbocycles. The van der Waals surface area contributed by atoms with Gasteiger partial charge in [0.2, 0.25) is 5.91 Å². The summed E-state index contributed by atoms with van der Waals surface area (Å²) in [5, 5.41) is 3.02. The first kappa shape index (κ1) is 11.3. The minimum Gasteiger partial charge on any atom is -0.354 e. The van der Waals surface area contributed by atoms with Crippen molar-refractivity contribution in [3.8, 4) is 0 Å². The predicted molar refractivity (Wildman–Crippen MR) is 63.8 cm³/mol. The summed E-state index contributed by atoms with van der Waals surface area (Å²) < 4.78 is 0. The molecular weight excluding hydrogens is 208 g/mol. The molecule has 1 heterocycles. The van der Waals surface area contributed by atoms with Gasteiger partial charge in [-0.3, -0.25) is 4.79 Å². The Morgan fingerprint density at radius 3 is 2.60 bits per heavy atom. The minimum atomic E-state index is -0.524. The van der Waals surface area contributed by atoms with Crippen molar-refractivity contribution in [3.05, 3.63) is 0 Å². The number of nitrogens with one attached hydrogen (secondary N) is 1. The van der Waals surface area contributed by atoms with Crippen LogP contribution in [0.4, 0.5) is 0 Å². The summed E-state index contributed by atoms with van der Waals surface area (Å²) in [6.07, 6.45) is 5.30. The highest BCUT2D eigenvalue weighted by Gasteiger charge is 2.39. The molecule has 0 aromatic heterocycles. The lowest BCUT2D eigenvalue weighted by Gasteiger charge is -2.36. The molecule has 0 radical (unpaired) electrons. The molecule has 4 heteroatoms. The standard InChI is InChI=1S/C11H20N2OS/c12-11(4-1-5-11)10(14)13-8-9-2-6-15-7-3-9/h9H,1-8,12H2,(H,13,14). The molecule has 0 unspecified atom stereocenters. The molecule has 0 spiro atoms. The number of carbonyl (C=O) groups excluding carboxylic acids is 1. The first-order valence-electron chi connectivity index (χ1n) is 5.86. The van der Waals surface area contributed by atoms with Crippen LogP contribution in [-0.4, -0.2) is 29.5 Å². The lowest BCUT2D eigenvalue weighted by Crippen LogP contribution is -2.59. The van der Waals surface area contributed by atoms with E-state index in [-0.39, 0.29) is 5.91 Å². The first-order valence-corrected chi connectivity index (χ1v) is 7.01. The average molecular weight is 228 g/mol. The van der Waals surface area contributed by atoms with Crippen molar-refractivity contribution < 1.29 is 4.79 Å². The number of carbonyl (C=O) groups is 1. The van der Waals surface area contributed by atoms with Crippen LogP contribution in [-0.2, 0) is 4.79 Å². The molecule has 15 heavy (non-hydrogen) atoms. The minimum absolute atomic E-state index is 0.0759. The fourth-order valence-corrected chi connectivity index (χ4v) is 3.35. The Labute approximate surface area is 95.6 Å². The van der Waals surface area contributed by atoms with Gasteiger partial charge in [-0.15, -0.1) is 0 Å². The molecule has 1 aliphatic heterocycles. The molecule has 1 saturated heterocycles. The van der Waals surface area contributed by atoms with Crippen molar-refractivity contribution >= 4 is 17.7 Å². The van der Waals surface area contributed by atoms with Gasteiger partial charge < -0.3 is 11.1 Å². The van der Waals surface area contributed by atoms with E-state index < -0.39 is 5.54 Å². The fraction of sp³-hybridized carbons (Fsp3) is 0.909. The highest BCUT2D eigenvalue weighted by molar-refractivity contribution is 7.99. The van der Waals surface area contributed by atoms with E-state index in [0.717, 1.165) is 25.8 Å². The van der Waals surface area contributed by atoms with E-state index in [1.165, 1.54) is 24.3 Å². The van der Waals surface area contributed by atoms with Gasteiger partial charge in [0.15, 0.2) is 0 Å². The van der Waals surface area contributed by atoms with Crippen LogP contribution in [0.1, 0.15) is 32.1 Å². The smallest absolute Gasteiger partial charge is 0.240 e. The predicted octanol–water partition coefficient (Wildman–Crippen LogP) is 1.13. The highest BCUT2D eigenvalue weighted by Crippen LogP contribution is 2.29. The van der Waals surface area contributed by atoms with Crippen molar-refractivity contribution in [2.45, 2.75) is 37.6 Å². The maximum atomic E-state index is 11.7. The molecule has 0 aromatic rings. The lowest BCUT2D eigenvalue weighted by atomic mass is 9.77. The second-order valence-electron chi connectivity index (χ2n) is 4.78. The van der Waals surface area contributed by atoms with Crippen LogP contribution in [0.2, 0.25) is 0 Å². The molecule has 2 aliphatic rings. The molecule has 1 aliphatic carbocycles. The molecule has 0 bridgehead atoms. The van der Waals surface area contributed by atoms with Crippen molar-refractivity contribution in [3.63, 3.8) is 0 Å². The van der Waals surface area contributed by atoms with E-state index in [2.05, 4.69) is 5.32 Å². The highest BCUT2D eigenvalue weighted by atomic mass is 32.2. The van der Waals surface area contributed by atoms with E-state index in [9.17, 15) is 4.79 Å². The van der Waals surface area contributed by atoms with Gasteiger partial charge in [-0.05, 0) is 49.5 Å². The number of amides is 1. The summed E-state index contributed by atoms with van der Waals surface area (Å²) >= 11 is 2.02. The zero-order valence-electron chi connectivity index (χ0n) is 9.13. The Kier molecular flexibility index (Phi) is 3.57. The maximum Gasteiger partial charge on any atom is 0.240 e. The molecule has 3 nitrogen and oxygen atoms in total. The van der Waals surface area contributed by atoms with Gasteiger partial charge in [0, 0.05) is 6.54 Å². The molecule has 1 amide bonds. The number of nitrogens with two attached hydrogens (primary N) is 1. The normalized spacial score (nSPS) is 25.7. The van der Waals surface area contributed by atoms with Crippen molar-refractivity contribution in [2.24, 2.45) is 11.7 Å². The molecule has 2 rings (SSSR count). The third kappa shape index (κ3) is 2.67. The Balaban J connectivity index is 1.70. The molecular formula is C11H20N2OS. The molecule has 86 valence electrons. The molecule has 2 fully saturated rings. The largest absolute Gasteiger partial charge is 0.354 e. The van der Waals surface area contributed by atoms with Crippen molar-refractivity contribution in [1.29, 1.82) is 0 Å². The summed E-state index contributed by atoms with van der Waals surface area (Å²) in [6.45, 7) is 0.832. The van der Waals surface area contributed by atoms with Crippen LogP contribution in [0.5, 0.6) is 0 Å². The third-order valence-corrected chi connectivity index (χ3v) is 4.64. The van der Waals surface area contributed by atoms with Gasteiger partial charge in [0.05, 0.1) is 5.54 Å². The summed E-state index contributed by atoms with van der Waals surface area (Å²) in [5.41, 5.74) is 5.42. The zero-order chi connectivity index (χ0) is 10.7. The monoisotopic (exact) mass is 228 g/mol. The topological polar surface area (TPSA) is 55.1 Å². The van der Waals surface area contributed by atoms with Crippen LogP contribution >= 0.6 is 11.8 Å². The molecule has 0 atom stereocenters. The van der Waals surface area contributed by atoms with Crippen LogP contribution in [0.15, 0.2) is 0 Å². The van der Waals surface area contributed by atoms with Gasteiger partial charge in [0.25, 0.3) is 0 Å². The summed E-state index contributed by atoms with van der Waals surface area (Å²) in [5.74, 6) is 3.24. The zero-order valence-corrected chi connectivity index (χ0v) is 9.94. The van der Waals surface area contributed by atoms with E-state index in [4.69, 9.17) is 5.73 Å². The van der Waals surface area contributed by atoms with E-state index in [1.807, 2.05) is 11.8 Å². The third-order valence-electron chi connectivity index (χ3n) is 3.59. The summed E-state index contributed by atoms with van der Waals surface area (Å²) in [4.78, 5) is 11.7. The fourth-order valence-electron chi connectivity index (χ4n) is 2.15. The number of rotatable bonds is 3. The Hall–Kier alpha value is -0.220. The average Bonchev–Trinajstić information content (AvgIpc) is 2.24. The number of hydrogen-bond acceptors (Lipinski definition) is 3. The van der Waals surface area contributed by atoms with Gasteiger partial charge >= 0.3 is 0 Å². The van der Waals surface area contributed by atoms with Crippen molar-refractivity contribution in [2.75, 3.05) is 18.1 Å². The number of thioether (sulfide) groups is 1. The number of hydrogen-bond donors (Lipinski definition) is 2. The van der Waals surface area contributed by atoms with Crippen LogP contribution in [0, 0.1) is 5.92 Å². The SMILES string of the molecule is NC1(C(=O)NCC2CCSCC2)CCC1. The maximum absolute atomic E-state index is 11.7. The Morgan fingerprint density at radius 2 is 2.07 bits per heavy atom. The van der Waals surface area contributed by atoms with Crippen LogP contribution in [0.25, 0.3) is 0 Å². The molecule has 1 saturated carbocycles. The van der Waals surface area contributed by atoms with Crippen LogP contribution < -0.4 is 11.1 Å². The quantitative estimate of drug-likeness (QED) is 0.761. The van der Waals surface area contributed by atoms with E-state index in [0.29, 0.717) is 5.92 Å². The summed E-state index contributed by atoms with van der Waals surface area (Å²) in [6, 6.07) is 0. The van der Waals surface area contributed by atoms with Gasteiger partial charge in [-0.25, -0.2) is 0 Å². The Bertz CT molecular complexity index is 235. The summed E-state index contributed by atoms with van der Waals surface area (Å²) in [7, 11) is 0.